The smallest absolute Gasteiger partial charge is 0.340 e. The van der Waals surface area contributed by atoms with E-state index in [9.17, 15) is 24.9 Å². The van der Waals surface area contributed by atoms with Gasteiger partial charge in [0.2, 0.25) is 6.29 Å². The maximum atomic E-state index is 12.4. The van der Waals surface area contributed by atoms with Crippen molar-refractivity contribution < 1.29 is 39.1 Å². The molecule has 5 atom stereocenters. The Morgan fingerprint density at radius 1 is 0.857 bits per heavy atom. The third kappa shape index (κ3) is 4.05. The summed E-state index contributed by atoms with van der Waals surface area (Å²) >= 11 is 0. The van der Waals surface area contributed by atoms with Gasteiger partial charge < -0.3 is 29.5 Å². The SMILES string of the molecule is COC(=O)[C@H]1O[C@@H](OC(=O)c2ccc(-c3ccccc3)cc2)[C@H](O)[C@@H](O)[C@@H]1O. The average molecular weight is 388 g/mol. The fourth-order valence-electron chi connectivity index (χ4n) is 2.86. The van der Waals surface area contributed by atoms with Crippen LogP contribution in [-0.2, 0) is 19.0 Å². The largest absolute Gasteiger partial charge is 0.467 e. The molecule has 3 rings (SSSR count). The molecule has 3 N–H and O–H groups in total. The van der Waals surface area contributed by atoms with Crippen molar-refractivity contribution in [3.05, 3.63) is 60.2 Å². The van der Waals surface area contributed by atoms with Gasteiger partial charge in [-0.1, -0.05) is 42.5 Å². The lowest BCUT2D eigenvalue weighted by Gasteiger charge is -2.38. The second-order valence-electron chi connectivity index (χ2n) is 6.27. The first-order valence-corrected chi connectivity index (χ1v) is 8.56. The molecule has 2 aromatic rings. The number of hydrogen-bond donors (Lipinski definition) is 3. The number of carbonyl (C=O) groups is 2. The van der Waals surface area contributed by atoms with Crippen LogP contribution in [0.25, 0.3) is 11.1 Å². The number of aliphatic hydroxyl groups is 3. The van der Waals surface area contributed by atoms with Gasteiger partial charge in [0.05, 0.1) is 12.7 Å². The number of esters is 2. The molecule has 1 saturated heterocycles. The molecule has 0 aliphatic carbocycles. The van der Waals surface area contributed by atoms with E-state index in [-0.39, 0.29) is 5.56 Å². The van der Waals surface area contributed by atoms with Crippen LogP contribution in [0.4, 0.5) is 0 Å². The molecule has 0 amide bonds. The van der Waals surface area contributed by atoms with E-state index in [0.29, 0.717) is 0 Å². The van der Waals surface area contributed by atoms with E-state index in [2.05, 4.69) is 4.74 Å². The predicted molar refractivity (Wildman–Crippen MR) is 96.0 cm³/mol. The first-order valence-electron chi connectivity index (χ1n) is 8.56. The zero-order chi connectivity index (χ0) is 20.3. The van der Waals surface area contributed by atoms with Crippen LogP contribution in [-0.4, -0.2) is 65.1 Å². The number of rotatable bonds is 4. The van der Waals surface area contributed by atoms with Crippen LogP contribution in [0.1, 0.15) is 10.4 Å². The Morgan fingerprint density at radius 2 is 1.46 bits per heavy atom. The highest BCUT2D eigenvalue weighted by atomic mass is 16.7. The molecule has 0 saturated carbocycles. The Labute approximate surface area is 160 Å². The fraction of sp³-hybridized carbons (Fsp3) is 0.300. The molecule has 8 nitrogen and oxygen atoms in total. The van der Waals surface area contributed by atoms with Crippen molar-refractivity contribution in [1.82, 2.24) is 0 Å². The summed E-state index contributed by atoms with van der Waals surface area (Å²) in [4.78, 5) is 24.0. The van der Waals surface area contributed by atoms with Gasteiger partial charge in [0.1, 0.15) is 18.3 Å². The number of benzene rings is 2. The molecular weight excluding hydrogens is 368 g/mol. The Morgan fingerprint density at radius 3 is 2.07 bits per heavy atom. The van der Waals surface area contributed by atoms with Gasteiger partial charge >= 0.3 is 11.9 Å². The third-order valence-corrected chi connectivity index (χ3v) is 4.45. The molecule has 0 spiro atoms. The first kappa shape index (κ1) is 20.0. The zero-order valence-corrected chi connectivity index (χ0v) is 15.0. The number of ether oxygens (including phenoxy) is 3. The summed E-state index contributed by atoms with van der Waals surface area (Å²) in [5.74, 6) is -1.79. The maximum Gasteiger partial charge on any atom is 0.340 e. The number of aliphatic hydroxyl groups excluding tert-OH is 3. The first-order chi connectivity index (χ1) is 13.4. The highest BCUT2D eigenvalue weighted by Crippen LogP contribution is 2.25. The summed E-state index contributed by atoms with van der Waals surface area (Å²) in [7, 11) is 1.07. The van der Waals surface area contributed by atoms with Crippen LogP contribution >= 0.6 is 0 Å². The van der Waals surface area contributed by atoms with Crippen molar-refractivity contribution in [2.24, 2.45) is 0 Å². The molecular formula is C20H20O8. The van der Waals surface area contributed by atoms with Gasteiger partial charge in [-0.25, -0.2) is 9.59 Å². The van der Waals surface area contributed by atoms with E-state index in [1.807, 2.05) is 30.3 Å². The fourth-order valence-corrected chi connectivity index (χ4v) is 2.86. The van der Waals surface area contributed by atoms with Crippen molar-refractivity contribution in [1.29, 1.82) is 0 Å². The second kappa shape index (κ2) is 8.49. The predicted octanol–water partition coefficient (Wildman–Crippen LogP) is 0.491. The Hall–Kier alpha value is -2.78. The zero-order valence-electron chi connectivity index (χ0n) is 15.0. The number of methoxy groups -OCH3 is 1. The van der Waals surface area contributed by atoms with E-state index in [1.54, 1.807) is 24.3 Å². The minimum absolute atomic E-state index is 0.186. The summed E-state index contributed by atoms with van der Waals surface area (Å²) in [5.41, 5.74) is 2.06. The van der Waals surface area contributed by atoms with Crippen LogP contribution in [0.5, 0.6) is 0 Å². The highest BCUT2D eigenvalue weighted by Gasteiger charge is 2.49. The van der Waals surface area contributed by atoms with Gasteiger partial charge in [0.25, 0.3) is 0 Å². The summed E-state index contributed by atoms with van der Waals surface area (Å²) in [6.45, 7) is 0. The van der Waals surface area contributed by atoms with Gasteiger partial charge in [0, 0.05) is 0 Å². The highest BCUT2D eigenvalue weighted by molar-refractivity contribution is 5.90. The minimum atomic E-state index is -1.75. The molecule has 1 aliphatic rings. The maximum absolute atomic E-state index is 12.4. The molecule has 28 heavy (non-hydrogen) atoms. The average Bonchev–Trinajstić information content (AvgIpc) is 2.74. The van der Waals surface area contributed by atoms with Crippen LogP contribution in [0, 0.1) is 0 Å². The molecule has 0 bridgehead atoms. The molecule has 8 heteroatoms. The van der Waals surface area contributed by atoms with Crippen molar-refractivity contribution in [3.8, 4) is 11.1 Å². The van der Waals surface area contributed by atoms with E-state index < -0.39 is 42.6 Å². The summed E-state index contributed by atoms with van der Waals surface area (Å²) in [5, 5.41) is 29.7. The van der Waals surface area contributed by atoms with Gasteiger partial charge in [-0.3, -0.25) is 0 Å². The normalized spacial score (nSPS) is 27.1. The van der Waals surface area contributed by atoms with Crippen LogP contribution in [0.2, 0.25) is 0 Å². The molecule has 0 aromatic heterocycles. The Balaban J connectivity index is 1.72. The molecule has 148 valence electrons. The van der Waals surface area contributed by atoms with Crippen LogP contribution in [0.3, 0.4) is 0 Å². The van der Waals surface area contributed by atoms with E-state index in [0.717, 1.165) is 18.2 Å². The van der Waals surface area contributed by atoms with Crippen LogP contribution in [0.15, 0.2) is 54.6 Å². The van der Waals surface area contributed by atoms with Gasteiger partial charge in [-0.05, 0) is 23.3 Å². The summed E-state index contributed by atoms with van der Waals surface area (Å²) in [6, 6.07) is 16.1. The monoisotopic (exact) mass is 388 g/mol. The van der Waals surface area contributed by atoms with Crippen molar-refractivity contribution in [3.63, 3.8) is 0 Å². The Bertz CT molecular complexity index is 820. The van der Waals surface area contributed by atoms with E-state index >= 15 is 0 Å². The lowest BCUT2D eigenvalue weighted by Crippen LogP contribution is -2.60. The molecule has 0 radical (unpaired) electrons. The summed E-state index contributed by atoms with van der Waals surface area (Å²) in [6.07, 6.45) is -8.45. The quantitative estimate of drug-likeness (QED) is 0.647. The lowest BCUT2D eigenvalue weighted by molar-refractivity contribution is -0.279. The standard InChI is InChI=1S/C20H20O8/c1-26-19(25)17-15(22)14(21)16(23)20(27-17)28-18(24)13-9-7-12(8-10-13)11-5-3-2-4-6-11/h2-10,14-17,20-23H,1H3/t14-,15-,16+,17-,20-/m0/s1. The number of carbonyl (C=O) groups excluding carboxylic acids is 2. The lowest BCUT2D eigenvalue weighted by atomic mass is 9.99. The number of hydrogen-bond acceptors (Lipinski definition) is 8. The van der Waals surface area contributed by atoms with Crippen molar-refractivity contribution in [2.45, 2.75) is 30.7 Å². The van der Waals surface area contributed by atoms with Crippen LogP contribution < -0.4 is 0 Å². The summed E-state index contributed by atoms with van der Waals surface area (Å²) < 4.78 is 14.7. The topological polar surface area (TPSA) is 123 Å². The Kier molecular flexibility index (Phi) is 6.05. The minimum Gasteiger partial charge on any atom is -0.467 e. The van der Waals surface area contributed by atoms with Gasteiger partial charge in [-0.15, -0.1) is 0 Å². The molecule has 1 aliphatic heterocycles. The van der Waals surface area contributed by atoms with Crippen molar-refractivity contribution >= 4 is 11.9 Å². The van der Waals surface area contributed by atoms with Gasteiger partial charge in [-0.2, -0.15) is 0 Å². The molecule has 0 unspecified atom stereocenters. The second-order valence-corrected chi connectivity index (χ2v) is 6.27. The van der Waals surface area contributed by atoms with E-state index in [4.69, 9.17) is 9.47 Å². The molecule has 1 heterocycles. The molecule has 2 aromatic carbocycles. The van der Waals surface area contributed by atoms with E-state index in [1.165, 1.54) is 0 Å². The van der Waals surface area contributed by atoms with Crippen molar-refractivity contribution in [2.75, 3.05) is 7.11 Å². The third-order valence-electron chi connectivity index (χ3n) is 4.45. The molecule has 1 fully saturated rings. The van der Waals surface area contributed by atoms with Gasteiger partial charge in [0.15, 0.2) is 6.10 Å².